The lowest BCUT2D eigenvalue weighted by molar-refractivity contribution is -0.134. The SMILES string of the molecule is COc1ccc(CCC(=O)N2CCCN(C(=O)[C@@H]3C[C@H]3C)CC2)cc1. The van der Waals surface area contributed by atoms with Gasteiger partial charge in [-0.1, -0.05) is 19.1 Å². The van der Waals surface area contributed by atoms with E-state index in [2.05, 4.69) is 6.92 Å². The molecular weight excluding hydrogens is 316 g/mol. The maximum absolute atomic E-state index is 12.5. The van der Waals surface area contributed by atoms with Crippen LogP contribution in [-0.2, 0) is 16.0 Å². The fourth-order valence-corrected chi connectivity index (χ4v) is 3.49. The number of rotatable bonds is 5. The summed E-state index contributed by atoms with van der Waals surface area (Å²) in [6.07, 6.45) is 3.16. The van der Waals surface area contributed by atoms with Crippen LogP contribution in [0.15, 0.2) is 24.3 Å². The average molecular weight is 344 g/mol. The van der Waals surface area contributed by atoms with Crippen molar-refractivity contribution in [2.45, 2.75) is 32.6 Å². The predicted molar refractivity (Wildman–Crippen MR) is 96.4 cm³/mol. The first-order valence-electron chi connectivity index (χ1n) is 9.28. The zero-order valence-corrected chi connectivity index (χ0v) is 15.2. The molecule has 0 unspecified atom stereocenters. The number of amides is 2. The number of methoxy groups -OCH3 is 1. The Morgan fingerprint density at radius 1 is 1.08 bits per heavy atom. The molecule has 1 aliphatic carbocycles. The van der Waals surface area contributed by atoms with E-state index in [0.717, 1.165) is 43.7 Å². The molecule has 0 N–H and O–H groups in total. The Labute approximate surface area is 149 Å². The van der Waals surface area contributed by atoms with Crippen LogP contribution in [0.25, 0.3) is 0 Å². The first kappa shape index (κ1) is 17.8. The van der Waals surface area contributed by atoms with Crippen molar-refractivity contribution in [2.24, 2.45) is 11.8 Å². The maximum Gasteiger partial charge on any atom is 0.226 e. The number of benzene rings is 1. The number of ether oxygens (including phenoxy) is 1. The van der Waals surface area contributed by atoms with Gasteiger partial charge < -0.3 is 14.5 Å². The van der Waals surface area contributed by atoms with E-state index < -0.39 is 0 Å². The highest BCUT2D eigenvalue weighted by Crippen LogP contribution is 2.39. The smallest absolute Gasteiger partial charge is 0.226 e. The van der Waals surface area contributed by atoms with Crippen LogP contribution < -0.4 is 4.74 Å². The minimum atomic E-state index is 0.185. The van der Waals surface area contributed by atoms with Crippen molar-refractivity contribution in [2.75, 3.05) is 33.3 Å². The number of aryl methyl sites for hydroxylation is 1. The average Bonchev–Trinajstić information content (AvgIpc) is 3.41. The number of nitrogens with zero attached hydrogens (tertiary/aromatic N) is 2. The molecule has 1 saturated heterocycles. The van der Waals surface area contributed by atoms with Gasteiger partial charge in [0.2, 0.25) is 11.8 Å². The van der Waals surface area contributed by atoms with E-state index in [4.69, 9.17) is 4.74 Å². The number of hydrogen-bond acceptors (Lipinski definition) is 3. The second-order valence-corrected chi connectivity index (χ2v) is 7.23. The summed E-state index contributed by atoms with van der Waals surface area (Å²) in [5.41, 5.74) is 1.14. The van der Waals surface area contributed by atoms with E-state index in [0.29, 0.717) is 31.3 Å². The first-order valence-corrected chi connectivity index (χ1v) is 9.28. The van der Waals surface area contributed by atoms with Gasteiger partial charge in [-0.25, -0.2) is 0 Å². The van der Waals surface area contributed by atoms with Crippen molar-refractivity contribution in [1.29, 1.82) is 0 Å². The van der Waals surface area contributed by atoms with Gasteiger partial charge in [0, 0.05) is 38.5 Å². The van der Waals surface area contributed by atoms with Crippen molar-refractivity contribution in [3.05, 3.63) is 29.8 Å². The molecule has 25 heavy (non-hydrogen) atoms. The van der Waals surface area contributed by atoms with Gasteiger partial charge in [-0.2, -0.15) is 0 Å². The van der Waals surface area contributed by atoms with Gasteiger partial charge in [-0.3, -0.25) is 9.59 Å². The summed E-state index contributed by atoms with van der Waals surface area (Å²) in [5, 5.41) is 0. The van der Waals surface area contributed by atoms with Gasteiger partial charge in [-0.15, -0.1) is 0 Å². The lowest BCUT2D eigenvalue weighted by Gasteiger charge is -2.22. The first-order chi connectivity index (χ1) is 12.1. The van der Waals surface area contributed by atoms with Crippen LogP contribution in [0.2, 0.25) is 0 Å². The Bertz CT molecular complexity index is 614. The number of carbonyl (C=O) groups is 2. The highest BCUT2D eigenvalue weighted by atomic mass is 16.5. The number of carbonyl (C=O) groups excluding carboxylic acids is 2. The van der Waals surface area contributed by atoms with E-state index >= 15 is 0 Å². The largest absolute Gasteiger partial charge is 0.497 e. The number of hydrogen-bond donors (Lipinski definition) is 0. The van der Waals surface area contributed by atoms with E-state index in [9.17, 15) is 9.59 Å². The Morgan fingerprint density at radius 2 is 1.72 bits per heavy atom. The molecule has 0 spiro atoms. The zero-order valence-electron chi connectivity index (χ0n) is 15.2. The zero-order chi connectivity index (χ0) is 17.8. The molecule has 0 radical (unpaired) electrons. The molecule has 1 saturated carbocycles. The fraction of sp³-hybridized carbons (Fsp3) is 0.600. The van der Waals surface area contributed by atoms with Crippen LogP contribution in [-0.4, -0.2) is 54.9 Å². The normalized spacial score (nSPS) is 23.1. The summed E-state index contributed by atoms with van der Waals surface area (Å²) in [7, 11) is 1.65. The molecule has 5 nitrogen and oxygen atoms in total. The van der Waals surface area contributed by atoms with Crippen LogP contribution >= 0.6 is 0 Å². The van der Waals surface area contributed by atoms with Crippen molar-refractivity contribution in [1.82, 2.24) is 9.80 Å². The third kappa shape index (κ3) is 4.53. The lowest BCUT2D eigenvalue weighted by atomic mass is 10.1. The summed E-state index contributed by atoms with van der Waals surface area (Å²) in [6, 6.07) is 7.86. The van der Waals surface area contributed by atoms with Gasteiger partial charge in [0.15, 0.2) is 0 Å². The Morgan fingerprint density at radius 3 is 2.36 bits per heavy atom. The van der Waals surface area contributed by atoms with E-state index in [1.807, 2.05) is 34.1 Å². The molecular formula is C20H28N2O3. The van der Waals surface area contributed by atoms with Gasteiger partial charge in [0.05, 0.1) is 7.11 Å². The highest BCUT2D eigenvalue weighted by Gasteiger charge is 2.41. The molecule has 2 aliphatic rings. The molecule has 1 aromatic carbocycles. The van der Waals surface area contributed by atoms with Crippen molar-refractivity contribution in [3.8, 4) is 5.75 Å². The summed E-state index contributed by atoms with van der Waals surface area (Å²) in [4.78, 5) is 28.8. The molecule has 3 rings (SSSR count). The van der Waals surface area contributed by atoms with Gasteiger partial charge in [-0.05, 0) is 42.9 Å². The molecule has 2 atom stereocenters. The maximum atomic E-state index is 12.5. The Balaban J connectivity index is 1.46. The summed E-state index contributed by atoms with van der Waals surface area (Å²) >= 11 is 0. The fourth-order valence-electron chi connectivity index (χ4n) is 3.49. The summed E-state index contributed by atoms with van der Waals surface area (Å²) in [6.45, 7) is 5.01. The highest BCUT2D eigenvalue weighted by molar-refractivity contribution is 5.82. The molecule has 0 bridgehead atoms. The third-order valence-corrected chi connectivity index (χ3v) is 5.37. The van der Waals surface area contributed by atoms with E-state index in [-0.39, 0.29) is 11.8 Å². The topological polar surface area (TPSA) is 49.9 Å². The summed E-state index contributed by atoms with van der Waals surface area (Å²) in [5.74, 6) is 2.08. The lowest BCUT2D eigenvalue weighted by Crippen LogP contribution is -2.38. The summed E-state index contributed by atoms with van der Waals surface area (Å²) < 4.78 is 5.15. The monoisotopic (exact) mass is 344 g/mol. The van der Waals surface area contributed by atoms with Gasteiger partial charge in [0.25, 0.3) is 0 Å². The van der Waals surface area contributed by atoms with Crippen LogP contribution in [0.3, 0.4) is 0 Å². The third-order valence-electron chi connectivity index (χ3n) is 5.37. The molecule has 1 heterocycles. The molecule has 1 aromatic rings. The van der Waals surface area contributed by atoms with Crippen LogP contribution in [0, 0.1) is 11.8 Å². The van der Waals surface area contributed by atoms with Crippen molar-refractivity contribution in [3.63, 3.8) is 0 Å². The molecule has 136 valence electrons. The Kier molecular flexibility index (Phi) is 5.61. The van der Waals surface area contributed by atoms with E-state index in [1.165, 1.54) is 0 Å². The second-order valence-electron chi connectivity index (χ2n) is 7.23. The minimum Gasteiger partial charge on any atom is -0.497 e. The van der Waals surface area contributed by atoms with Crippen LogP contribution in [0.1, 0.15) is 31.7 Å². The van der Waals surface area contributed by atoms with Gasteiger partial charge >= 0.3 is 0 Å². The molecule has 2 fully saturated rings. The molecule has 5 heteroatoms. The van der Waals surface area contributed by atoms with Crippen LogP contribution in [0.4, 0.5) is 0 Å². The molecule has 2 amide bonds. The van der Waals surface area contributed by atoms with Gasteiger partial charge in [0.1, 0.15) is 5.75 Å². The molecule has 0 aromatic heterocycles. The predicted octanol–water partition coefficient (Wildman–Crippen LogP) is 2.34. The minimum absolute atomic E-state index is 0.185. The molecule has 1 aliphatic heterocycles. The second kappa shape index (κ2) is 7.89. The van der Waals surface area contributed by atoms with Crippen molar-refractivity contribution < 1.29 is 14.3 Å². The Hall–Kier alpha value is -2.04. The van der Waals surface area contributed by atoms with E-state index in [1.54, 1.807) is 7.11 Å². The van der Waals surface area contributed by atoms with Crippen LogP contribution in [0.5, 0.6) is 5.75 Å². The quantitative estimate of drug-likeness (QED) is 0.824. The standard InChI is InChI=1S/C20H28N2O3/c1-15-14-18(15)20(24)22-11-3-10-21(12-13-22)19(23)9-6-16-4-7-17(25-2)8-5-16/h4-5,7-8,15,18H,3,6,9-14H2,1-2H3/t15-,18-/m1/s1. The van der Waals surface area contributed by atoms with Crippen molar-refractivity contribution >= 4 is 11.8 Å².